The summed E-state index contributed by atoms with van der Waals surface area (Å²) in [6.07, 6.45) is 6.41. The van der Waals surface area contributed by atoms with Gasteiger partial charge in [0.25, 0.3) is 5.91 Å². The molecule has 0 unspecified atom stereocenters. The number of hydrogen-bond acceptors (Lipinski definition) is 6. The zero-order valence-electron chi connectivity index (χ0n) is 18.9. The second kappa shape index (κ2) is 8.88. The minimum absolute atomic E-state index is 0.0502. The van der Waals surface area contributed by atoms with Gasteiger partial charge in [-0.25, -0.2) is 9.37 Å². The first kappa shape index (κ1) is 22.0. The topological polar surface area (TPSA) is 98.3 Å². The summed E-state index contributed by atoms with van der Waals surface area (Å²) >= 11 is 0. The summed E-state index contributed by atoms with van der Waals surface area (Å²) in [5, 5.41) is 24.0. The van der Waals surface area contributed by atoms with Crippen LogP contribution >= 0.6 is 0 Å². The molecule has 0 bridgehead atoms. The number of rotatable bonds is 4. The van der Waals surface area contributed by atoms with Crippen LogP contribution in [-0.2, 0) is 0 Å². The number of aromatic nitrogens is 3. The van der Waals surface area contributed by atoms with Crippen molar-refractivity contribution in [2.45, 2.75) is 32.2 Å². The number of nitrogens with zero attached hydrogens (tertiary/aromatic N) is 6. The van der Waals surface area contributed by atoms with Gasteiger partial charge in [-0.3, -0.25) is 9.69 Å². The Balaban J connectivity index is 1.34. The minimum Gasteiger partial charge on any atom is -0.493 e. The maximum Gasteiger partial charge on any atom is 0.255 e. The minimum atomic E-state index is -0.623. The average molecular weight is 461 g/mol. The molecule has 2 fully saturated rings. The molecule has 8 nitrogen and oxygen atoms in total. The highest BCUT2D eigenvalue weighted by atomic mass is 19.1. The van der Waals surface area contributed by atoms with E-state index in [9.17, 15) is 14.3 Å². The summed E-state index contributed by atoms with van der Waals surface area (Å²) in [5.41, 5.74) is 1.45. The van der Waals surface area contributed by atoms with Crippen molar-refractivity contribution in [1.82, 2.24) is 24.6 Å². The van der Waals surface area contributed by atoms with Gasteiger partial charge >= 0.3 is 0 Å². The molecule has 1 saturated carbocycles. The molecule has 1 aliphatic heterocycles. The van der Waals surface area contributed by atoms with Crippen molar-refractivity contribution in [2.24, 2.45) is 0 Å². The molecule has 1 amide bonds. The van der Waals surface area contributed by atoms with Crippen molar-refractivity contribution in [2.75, 3.05) is 26.2 Å². The molecule has 9 heteroatoms. The highest BCUT2D eigenvalue weighted by Crippen LogP contribution is 2.34. The number of carbonyl (C=O) groups is 1. The number of pyridine rings is 1. The molecule has 1 aliphatic carbocycles. The fourth-order valence-corrected chi connectivity index (χ4v) is 4.53. The summed E-state index contributed by atoms with van der Waals surface area (Å²) < 4.78 is 15.6. The van der Waals surface area contributed by atoms with Gasteiger partial charge in [0.2, 0.25) is 5.88 Å². The van der Waals surface area contributed by atoms with Gasteiger partial charge in [0.15, 0.2) is 5.82 Å². The van der Waals surface area contributed by atoms with E-state index in [1.807, 2.05) is 11.0 Å². The Morgan fingerprint density at radius 1 is 1.12 bits per heavy atom. The number of benzene rings is 1. The summed E-state index contributed by atoms with van der Waals surface area (Å²) in [6.45, 7) is 4.93. The third kappa shape index (κ3) is 4.01. The van der Waals surface area contributed by atoms with Gasteiger partial charge in [-0.15, -0.1) is 0 Å². The van der Waals surface area contributed by atoms with Crippen LogP contribution in [0.15, 0.2) is 36.7 Å². The van der Waals surface area contributed by atoms with Crippen molar-refractivity contribution in [1.29, 1.82) is 5.26 Å². The van der Waals surface area contributed by atoms with Gasteiger partial charge in [0.05, 0.1) is 22.9 Å². The van der Waals surface area contributed by atoms with Crippen molar-refractivity contribution >= 4 is 5.91 Å². The van der Waals surface area contributed by atoms with Crippen LogP contribution in [0.2, 0.25) is 0 Å². The van der Waals surface area contributed by atoms with Crippen LogP contribution in [-0.4, -0.2) is 67.8 Å². The van der Waals surface area contributed by atoms with Gasteiger partial charge in [0.1, 0.15) is 11.9 Å². The number of hydrogen-bond donors (Lipinski definition) is 1. The van der Waals surface area contributed by atoms with Crippen molar-refractivity contribution in [3.63, 3.8) is 0 Å². The molecule has 0 atom stereocenters. The molecule has 0 spiro atoms. The Morgan fingerprint density at radius 3 is 2.65 bits per heavy atom. The number of nitriles is 1. The number of halogens is 1. The number of aromatic hydroxyl groups is 1. The maximum absolute atomic E-state index is 14.4. The Labute approximate surface area is 196 Å². The van der Waals surface area contributed by atoms with E-state index >= 15 is 0 Å². The molecular formula is C25H25FN6O2. The monoisotopic (exact) mass is 460 g/mol. The number of carbonyl (C=O) groups excluding carboxylic acids is 1. The third-order valence-corrected chi connectivity index (χ3v) is 6.63. The fraction of sp³-hybridized carbons (Fsp3) is 0.360. The average Bonchev–Trinajstić information content (AvgIpc) is 3.66. The molecule has 174 valence electrons. The van der Waals surface area contributed by atoms with Crippen LogP contribution in [0.5, 0.6) is 5.88 Å². The normalized spacial score (nSPS) is 16.8. The molecule has 1 aromatic carbocycles. The second-order valence-corrected chi connectivity index (χ2v) is 8.82. The van der Waals surface area contributed by atoms with E-state index in [1.54, 1.807) is 25.1 Å². The molecule has 0 radical (unpaired) electrons. The Hall–Kier alpha value is -3.77. The molecule has 2 aliphatic rings. The Kier molecular flexibility index (Phi) is 5.75. The van der Waals surface area contributed by atoms with Gasteiger partial charge in [0, 0.05) is 38.4 Å². The lowest BCUT2D eigenvalue weighted by Gasteiger charge is -2.21. The van der Waals surface area contributed by atoms with Crippen LogP contribution in [0.3, 0.4) is 0 Å². The predicted molar refractivity (Wildman–Crippen MR) is 123 cm³/mol. The lowest BCUT2D eigenvalue weighted by atomic mass is 10.00. The SMILES string of the molecule is Cc1c(-c2cnn(-c3ccc(C(=O)N4CCCN(C5CC5)CC4)cn3)c2O)ccc(C#N)c1F. The summed E-state index contributed by atoms with van der Waals surface area (Å²) in [4.78, 5) is 21.7. The molecule has 1 N–H and O–H groups in total. The zero-order valence-corrected chi connectivity index (χ0v) is 18.9. The quantitative estimate of drug-likeness (QED) is 0.642. The third-order valence-electron chi connectivity index (χ3n) is 6.63. The smallest absolute Gasteiger partial charge is 0.255 e. The number of amides is 1. The molecule has 3 aromatic rings. The lowest BCUT2D eigenvalue weighted by molar-refractivity contribution is 0.0760. The predicted octanol–water partition coefficient (Wildman–Crippen LogP) is 3.27. The Bertz CT molecular complexity index is 1280. The van der Waals surface area contributed by atoms with Crippen LogP contribution in [0, 0.1) is 24.1 Å². The largest absolute Gasteiger partial charge is 0.493 e. The van der Waals surface area contributed by atoms with Crippen molar-refractivity contribution in [3.8, 4) is 28.9 Å². The van der Waals surface area contributed by atoms with Crippen molar-refractivity contribution in [3.05, 3.63) is 59.2 Å². The van der Waals surface area contributed by atoms with E-state index in [0.717, 1.165) is 26.1 Å². The van der Waals surface area contributed by atoms with E-state index in [1.165, 1.54) is 36.0 Å². The molecule has 2 aromatic heterocycles. The molecule has 34 heavy (non-hydrogen) atoms. The second-order valence-electron chi connectivity index (χ2n) is 8.82. The Morgan fingerprint density at radius 2 is 1.94 bits per heavy atom. The van der Waals surface area contributed by atoms with Gasteiger partial charge in [-0.2, -0.15) is 15.0 Å². The van der Waals surface area contributed by atoms with Gasteiger partial charge in [-0.1, -0.05) is 6.07 Å². The molecule has 3 heterocycles. The van der Waals surface area contributed by atoms with Crippen molar-refractivity contribution < 1.29 is 14.3 Å². The molecule has 1 saturated heterocycles. The van der Waals surface area contributed by atoms with E-state index < -0.39 is 5.82 Å². The lowest BCUT2D eigenvalue weighted by Crippen LogP contribution is -2.35. The van der Waals surface area contributed by atoms with E-state index in [4.69, 9.17) is 5.26 Å². The van der Waals surface area contributed by atoms with Crippen LogP contribution in [0.25, 0.3) is 16.9 Å². The molecular weight excluding hydrogens is 435 g/mol. The van der Waals surface area contributed by atoms with E-state index in [0.29, 0.717) is 35.1 Å². The maximum atomic E-state index is 14.4. The standard InChI is InChI=1S/C25H25FN6O2/c1-16-20(7-3-17(13-27)23(16)26)21-15-29-32(25(21)34)22-8-4-18(14-28-22)24(33)31-10-2-9-30(11-12-31)19-5-6-19/h3-4,7-8,14-15,19,34H,2,5-6,9-12H2,1H3. The van der Waals surface area contributed by atoms with Gasteiger partial charge < -0.3 is 10.0 Å². The van der Waals surface area contributed by atoms with Gasteiger partial charge in [-0.05, 0) is 55.5 Å². The van der Waals surface area contributed by atoms with Crippen LogP contribution in [0.4, 0.5) is 4.39 Å². The van der Waals surface area contributed by atoms with E-state index in [-0.39, 0.29) is 22.9 Å². The fourth-order valence-electron chi connectivity index (χ4n) is 4.53. The first-order valence-corrected chi connectivity index (χ1v) is 11.4. The highest BCUT2D eigenvalue weighted by Gasteiger charge is 2.31. The summed E-state index contributed by atoms with van der Waals surface area (Å²) in [7, 11) is 0. The summed E-state index contributed by atoms with van der Waals surface area (Å²) in [5.74, 6) is -0.540. The van der Waals surface area contributed by atoms with Crippen LogP contribution in [0.1, 0.15) is 40.7 Å². The first-order chi connectivity index (χ1) is 16.5. The summed E-state index contributed by atoms with van der Waals surface area (Å²) in [6, 6.07) is 8.78. The zero-order chi connectivity index (χ0) is 23.8. The van der Waals surface area contributed by atoms with Crippen LogP contribution < -0.4 is 0 Å². The molecule has 5 rings (SSSR count). The first-order valence-electron chi connectivity index (χ1n) is 11.4. The highest BCUT2D eigenvalue weighted by molar-refractivity contribution is 5.94. The van der Waals surface area contributed by atoms with E-state index in [2.05, 4.69) is 15.0 Å².